The van der Waals surface area contributed by atoms with Gasteiger partial charge in [0, 0.05) is 0 Å². The Morgan fingerprint density at radius 1 is 1.50 bits per heavy atom. The molecule has 1 aromatic rings. The van der Waals surface area contributed by atoms with Crippen molar-refractivity contribution in [1.29, 1.82) is 0 Å². The van der Waals surface area contributed by atoms with Crippen molar-refractivity contribution < 1.29 is 14.6 Å². The van der Waals surface area contributed by atoms with Gasteiger partial charge in [0.05, 0.1) is 11.1 Å². The van der Waals surface area contributed by atoms with Crippen LogP contribution in [0.3, 0.4) is 0 Å². The number of hydrogen-bond donors (Lipinski definition) is 1. The molecule has 3 nitrogen and oxygen atoms in total. The standard InChI is InChI=1S/C10H11ClO3/c1-5-7(6(2)12)3-8-10(9(5)11)14-4-13-8/h3,6,12H,4H2,1-2H3. The van der Waals surface area contributed by atoms with Crippen LogP contribution in [0.5, 0.6) is 11.5 Å². The van der Waals surface area contributed by atoms with Crippen LogP contribution in [-0.4, -0.2) is 11.9 Å². The summed E-state index contributed by atoms with van der Waals surface area (Å²) in [5.41, 5.74) is 1.62. The lowest BCUT2D eigenvalue weighted by atomic mass is 10.0. The van der Waals surface area contributed by atoms with Crippen LogP contribution >= 0.6 is 11.6 Å². The maximum atomic E-state index is 9.51. The lowest BCUT2D eigenvalue weighted by Gasteiger charge is -2.11. The van der Waals surface area contributed by atoms with E-state index in [1.807, 2.05) is 6.92 Å². The topological polar surface area (TPSA) is 38.7 Å². The van der Waals surface area contributed by atoms with E-state index in [9.17, 15) is 5.11 Å². The second kappa shape index (κ2) is 3.33. The third-order valence-electron chi connectivity index (χ3n) is 2.34. The highest BCUT2D eigenvalue weighted by Gasteiger charge is 2.22. The molecule has 1 atom stereocenters. The normalized spacial score (nSPS) is 15.7. The summed E-state index contributed by atoms with van der Waals surface area (Å²) < 4.78 is 10.4. The minimum Gasteiger partial charge on any atom is -0.454 e. The zero-order chi connectivity index (χ0) is 10.3. The highest BCUT2D eigenvalue weighted by Crippen LogP contribution is 2.43. The average molecular weight is 215 g/mol. The van der Waals surface area contributed by atoms with Gasteiger partial charge in [0.2, 0.25) is 6.79 Å². The largest absolute Gasteiger partial charge is 0.454 e. The molecule has 0 aromatic heterocycles. The van der Waals surface area contributed by atoms with Crippen molar-refractivity contribution >= 4 is 11.6 Å². The summed E-state index contributed by atoms with van der Waals surface area (Å²) in [5.74, 6) is 1.19. The Kier molecular flexibility index (Phi) is 2.29. The quantitative estimate of drug-likeness (QED) is 0.781. The predicted molar refractivity (Wildman–Crippen MR) is 52.9 cm³/mol. The Hall–Kier alpha value is -0.930. The van der Waals surface area contributed by atoms with E-state index in [1.165, 1.54) is 0 Å². The first kappa shape index (κ1) is 9.62. The lowest BCUT2D eigenvalue weighted by molar-refractivity contribution is 0.173. The van der Waals surface area contributed by atoms with Gasteiger partial charge in [-0.3, -0.25) is 0 Å². The second-order valence-corrected chi connectivity index (χ2v) is 3.69. The number of aliphatic hydroxyl groups excluding tert-OH is 1. The molecule has 0 aliphatic carbocycles. The fourth-order valence-electron chi connectivity index (χ4n) is 1.55. The first-order chi connectivity index (χ1) is 6.61. The van der Waals surface area contributed by atoms with Crippen LogP contribution in [0.4, 0.5) is 0 Å². The number of rotatable bonds is 1. The molecular weight excluding hydrogens is 204 g/mol. The van der Waals surface area contributed by atoms with E-state index >= 15 is 0 Å². The highest BCUT2D eigenvalue weighted by molar-refractivity contribution is 6.33. The molecule has 1 aliphatic rings. The van der Waals surface area contributed by atoms with Gasteiger partial charge in [-0.1, -0.05) is 11.6 Å². The van der Waals surface area contributed by atoms with Crippen LogP contribution in [0, 0.1) is 6.92 Å². The zero-order valence-corrected chi connectivity index (χ0v) is 8.76. The number of hydrogen-bond acceptors (Lipinski definition) is 3. The fraction of sp³-hybridized carbons (Fsp3) is 0.400. The SMILES string of the molecule is Cc1c(C(C)O)cc2c(c1Cl)OCO2. The molecule has 2 rings (SSSR count). The third-order valence-corrected chi connectivity index (χ3v) is 2.79. The van der Waals surface area contributed by atoms with E-state index in [-0.39, 0.29) is 6.79 Å². The Labute approximate surface area is 87.2 Å². The molecule has 1 aromatic carbocycles. The number of ether oxygens (including phenoxy) is 2. The van der Waals surface area contributed by atoms with Gasteiger partial charge in [-0.15, -0.1) is 0 Å². The zero-order valence-electron chi connectivity index (χ0n) is 8.00. The monoisotopic (exact) mass is 214 g/mol. The maximum Gasteiger partial charge on any atom is 0.231 e. The molecular formula is C10H11ClO3. The highest BCUT2D eigenvalue weighted by atomic mass is 35.5. The molecule has 0 spiro atoms. The summed E-state index contributed by atoms with van der Waals surface area (Å²) in [6.07, 6.45) is -0.554. The Bertz CT molecular complexity index is 374. The summed E-state index contributed by atoms with van der Waals surface area (Å²) >= 11 is 6.07. The van der Waals surface area contributed by atoms with E-state index in [0.29, 0.717) is 16.5 Å². The number of halogens is 1. The van der Waals surface area contributed by atoms with E-state index < -0.39 is 6.10 Å². The van der Waals surface area contributed by atoms with Crippen molar-refractivity contribution in [2.24, 2.45) is 0 Å². The molecule has 4 heteroatoms. The van der Waals surface area contributed by atoms with Crippen molar-refractivity contribution in [2.75, 3.05) is 6.79 Å². The maximum absolute atomic E-state index is 9.51. The Morgan fingerprint density at radius 3 is 2.86 bits per heavy atom. The van der Waals surface area contributed by atoms with E-state index in [1.54, 1.807) is 13.0 Å². The molecule has 1 heterocycles. The van der Waals surface area contributed by atoms with Crippen LogP contribution in [0.2, 0.25) is 5.02 Å². The molecule has 0 fully saturated rings. The molecule has 0 radical (unpaired) electrons. The van der Waals surface area contributed by atoms with Gasteiger partial charge in [0.1, 0.15) is 0 Å². The molecule has 0 saturated heterocycles. The minimum absolute atomic E-state index is 0.192. The minimum atomic E-state index is -0.554. The molecule has 0 bridgehead atoms. The summed E-state index contributed by atoms with van der Waals surface area (Å²) in [6.45, 7) is 3.74. The number of fused-ring (bicyclic) bond motifs is 1. The fourth-order valence-corrected chi connectivity index (χ4v) is 1.80. The first-order valence-electron chi connectivity index (χ1n) is 4.38. The van der Waals surface area contributed by atoms with E-state index in [2.05, 4.69) is 0 Å². The smallest absolute Gasteiger partial charge is 0.231 e. The van der Waals surface area contributed by atoms with Gasteiger partial charge >= 0.3 is 0 Å². The van der Waals surface area contributed by atoms with Crippen molar-refractivity contribution in [3.05, 3.63) is 22.2 Å². The number of benzene rings is 1. The summed E-state index contributed by atoms with van der Waals surface area (Å²) in [5, 5.41) is 10.0. The van der Waals surface area contributed by atoms with Crippen LogP contribution < -0.4 is 9.47 Å². The third kappa shape index (κ3) is 1.33. The predicted octanol–water partition coefficient (Wildman–Crippen LogP) is 2.43. The summed E-state index contributed by atoms with van der Waals surface area (Å²) in [7, 11) is 0. The van der Waals surface area contributed by atoms with Crippen molar-refractivity contribution in [3.8, 4) is 11.5 Å². The molecule has 1 N–H and O–H groups in total. The summed E-state index contributed by atoms with van der Waals surface area (Å²) in [4.78, 5) is 0. The van der Waals surface area contributed by atoms with Gasteiger partial charge in [-0.25, -0.2) is 0 Å². The number of aliphatic hydroxyl groups is 1. The molecule has 0 saturated carbocycles. The van der Waals surface area contributed by atoms with Gasteiger partial charge in [-0.2, -0.15) is 0 Å². The molecule has 0 amide bonds. The van der Waals surface area contributed by atoms with Crippen LogP contribution in [0.15, 0.2) is 6.07 Å². The Morgan fingerprint density at radius 2 is 2.21 bits per heavy atom. The summed E-state index contributed by atoms with van der Waals surface area (Å²) in [6, 6.07) is 1.77. The molecule has 14 heavy (non-hydrogen) atoms. The van der Waals surface area contributed by atoms with Crippen LogP contribution in [-0.2, 0) is 0 Å². The van der Waals surface area contributed by atoms with Gasteiger partial charge in [0.15, 0.2) is 11.5 Å². The Balaban J connectivity index is 2.61. The van der Waals surface area contributed by atoms with E-state index in [4.69, 9.17) is 21.1 Å². The second-order valence-electron chi connectivity index (χ2n) is 3.31. The first-order valence-corrected chi connectivity index (χ1v) is 4.75. The van der Waals surface area contributed by atoms with Crippen LogP contribution in [0.25, 0.3) is 0 Å². The molecule has 1 unspecified atom stereocenters. The van der Waals surface area contributed by atoms with Crippen molar-refractivity contribution in [1.82, 2.24) is 0 Å². The van der Waals surface area contributed by atoms with Gasteiger partial charge in [0.25, 0.3) is 0 Å². The van der Waals surface area contributed by atoms with Gasteiger partial charge < -0.3 is 14.6 Å². The average Bonchev–Trinajstić information content (AvgIpc) is 2.58. The molecule has 1 aliphatic heterocycles. The van der Waals surface area contributed by atoms with Crippen LogP contribution in [0.1, 0.15) is 24.2 Å². The van der Waals surface area contributed by atoms with Crippen molar-refractivity contribution in [2.45, 2.75) is 20.0 Å². The van der Waals surface area contributed by atoms with Crippen molar-refractivity contribution in [3.63, 3.8) is 0 Å². The van der Waals surface area contributed by atoms with Gasteiger partial charge in [-0.05, 0) is 31.0 Å². The lowest BCUT2D eigenvalue weighted by Crippen LogP contribution is -1.96. The van der Waals surface area contributed by atoms with E-state index in [0.717, 1.165) is 11.1 Å². The molecule has 76 valence electrons.